The van der Waals surface area contributed by atoms with Gasteiger partial charge >= 0.3 is 6.18 Å². The van der Waals surface area contributed by atoms with Gasteiger partial charge in [0.25, 0.3) is 0 Å². The molecule has 0 aromatic heterocycles. The largest absolute Gasteiger partial charge is 0.416 e. The summed E-state index contributed by atoms with van der Waals surface area (Å²) in [5.41, 5.74) is -0.348. The number of aliphatic hydroxyl groups is 1. The summed E-state index contributed by atoms with van der Waals surface area (Å²) < 4.78 is 38.1. The molecule has 3 unspecified atom stereocenters. The molecule has 3 rings (SSSR count). The second-order valence-corrected chi connectivity index (χ2v) is 6.31. The summed E-state index contributed by atoms with van der Waals surface area (Å²) in [6.07, 6.45) is -1.42. The Morgan fingerprint density at radius 2 is 1.86 bits per heavy atom. The van der Waals surface area contributed by atoms with Gasteiger partial charge in [0.2, 0.25) is 0 Å². The highest BCUT2D eigenvalue weighted by Crippen LogP contribution is 2.38. The van der Waals surface area contributed by atoms with E-state index in [2.05, 4.69) is 4.90 Å². The predicted octanol–water partition coefficient (Wildman–Crippen LogP) is 3.47. The third-order valence-corrected chi connectivity index (χ3v) is 4.83. The first-order valence-electron chi connectivity index (χ1n) is 7.51. The first-order valence-corrected chi connectivity index (χ1v) is 7.51. The summed E-state index contributed by atoms with van der Waals surface area (Å²) in [6.45, 7) is 2.37. The molecule has 1 aliphatic carbocycles. The summed E-state index contributed by atoms with van der Waals surface area (Å²) in [4.78, 5) is 2.19. The molecule has 1 saturated heterocycles. The molecule has 1 saturated carbocycles. The average Bonchev–Trinajstić information content (AvgIpc) is 2.98. The summed E-state index contributed by atoms with van der Waals surface area (Å²) in [5.74, 6) is 1.44. The van der Waals surface area contributed by atoms with Crippen LogP contribution < -0.4 is 0 Å². The Morgan fingerprint density at radius 3 is 2.48 bits per heavy atom. The van der Waals surface area contributed by atoms with Crippen molar-refractivity contribution in [2.75, 3.05) is 19.6 Å². The predicted molar refractivity (Wildman–Crippen MR) is 73.7 cm³/mol. The maximum absolute atomic E-state index is 12.7. The monoisotopic (exact) mass is 299 g/mol. The summed E-state index contributed by atoms with van der Waals surface area (Å²) >= 11 is 0. The molecule has 0 amide bonds. The molecule has 1 aromatic carbocycles. The minimum Gasteiger partial charge on any atom is -0.387 e. The molecule has 0 spiro atoms. The van der Waals surface area contributed by atoms with Crippen LogP contribution in [0.5, 0.6) is 0 Å². The van der Waals surface area contributed by atoms with Gasteiger partial charge in [-0.15, -0.1) is 0 Å². The molecule has 1 aliphatic heterocycles. The van der Waals surface area contributed by atoms with E-state index in [0.29, 0.717) is 12.1 Å². The standard InChI is InChI=1S/C16H20F3NO/c17-16(18,19)14-6-2-3-11(7-14)15(21)10-20-8-12-4-1-5-13(12)9-20/h2-3,6-7,12-13,15,21H,1,4-5,8-10H2. The van der Waals surface area contributed by atoms with E-state index < -0.39 is 17.8 Å². The molecule has 5 heteroatoms. The van der Waals surface area contributed by atoms with Gasteiger partial charge in [-0.2, -0.15) is 13.2 Å². The zero-order valence-corrected chi connectivity index (χ0v) is 11.8. The number of β-amino-alcohol motifs (C(OH)–C–C–N with tert-alkyl or cyclic N) is 1. The maximum atomic E-state index is 12.7. The number of nitrogens with zero attached hydrogens (tertiary/aromatic N) is 1. The topological polar surface area (TPSA) is 23.5 Å². The molecule has 2 aliphatic rings. The van der Waals surface area contributed by atoms with Crippen LogP contribution in [0, 0.1) is 11.8 Å². The maximum Gasteiger partial charge on any atom is 0.416 e. The number of aliphatic hydroxyl groups excluding tert-OH is 1. The van der Waals surface area contributed by atoms with Crippen molar-refractivity contribution in [3.05, 3.63) is 35.4 Å². The van der Waals surface area contributed by atoms with Crippen LogP contribution in [0.2, 0.25) is 0 Å². The minimum atomic E-state index is -4.36. The van der Waals surface area contributed by atoms with Gasteiger partial charge in [-0.3, -0.25) is 4.90 Å². The molecular formula is C16H20F3NO. The van der Waals surface area contributed by atoms with Crippen molar-refractivity contribution in [1.82, 2.24) is 4.90 Å². The first-order chi connectivity index (χ1) is 9.93. The number of rotatable bonds is 3. The highest BCUT2D eigenvalue weighted by Gasteiger charge is 2.36. The Bertz CT molecular complexity index is 491. The molecule has 1 N–H and O–H groups in total. The molecule has 2 fully saturated rings. The van der Waals surface area contributed by atoms with Gasteiger partial charge in [0.05, 0.1) is 11.7 Å². The number of benzene rings is 1. The van der Waals surface area contributed by atoms with Crippen molar-refractivity contribution >= 4 is 0 Å². The van der Waals surface area contributed by atoms with Crippen molar-refractivity contribution in [2.45, 2.75) is 31.5 Å². The third-order valence-electron chi connectivity index (χ3n) is 4.83. The van der Waals surface area contributed by atoms with Crippen LogP contribution in [0.4, 0.5) is 13.2 Å². The highest BCUT2D eigenvalue weighted by molar-refractivity contribution is 5.27. The number of hydrogen-bond donors (Lipinski definition) is 1. The second kappa shape index (κ2) is 5.61. The van der Waals surface area contributed by atoms with E-state index >= 15 is 0 Å². The second-order valence-electron chi connectivity index (χ2n) is 6.31. The van der Waals surface area contributed by atoms with Crippen LogP contribution in [0.15, 0.2) is 24.3 Å². The lowest BCUT2D eigenvalue weighted by atomic mass is 10.0. The van der Waals surface area contributed by atoms with Crippen LogP contribution in [0.3, 0.4) is 0 Å². The zero-order chi connectivity index (χ0) is 15.0. The highest BCUT2D eigenvalue weighted by atomic mass is 19.4. The van der Waals surface area contributed by atoms with Gasteiger partial charge in [0, 0.05) is 19.6 Å². The van der Waals surface area contributed by atoms with Gasteiger partial charge in [-0.25, -0.2) is 0 Å². The lowest BCUT2D eigenvalue weighted by Crippen LogP contribution is -2.27. The molecule has 2 nitrogen and oxygen atoms in total. The lowest BCUT2D eigenvalue weighted by molar-refractivity contribution is -0.137. The number of fused-ring (bicyclic) bond motifs is 1. The quantitative estimate of drug-likeness (QED) is 0.924. The van der Waals surface area contributed by atoms with Gasteiger partial charge in [-0.1, -0.05) is 18.6 Å². The van der Waals surface area contributed by atoms with E-state index in [1.54, 1.807) is 6.07 Å². The Kier molecular flexibility index (Phi) is 3.97. The molecule has 0 bridgehead atoms. The van der Waals surface area contributed by atoms with Gasteiger partial charge in [-0.05, 0) is 42.4 Å². The Labute approximate surface area is 122 Å². The Balaban J connectivity index is 1.64. The van der Waals surface area contributed by atoms with E-state index in [1.165, 1.54) is 25.3 Å². The number of alkyl halides is 3. The van der Waals surface area contributed by atoms with Crippen LogP contribution in [0.1, 0.15) is 36.5 Å². The molecule has 1 aromatic rings. The zero-order valence-electron chi connectivity index (χ0n) is 11.8. The number of likely N-dealkylation sites (tertiary alicyclic amines) is 1. The molecule has 21 heavy (non-hydrogen) atoms. The van der Waals surface area contributed by atoms with E-state index in [9.17, 15) is 18.3 Å². The van der Waals surface area contributed by atoms with Gasteiger partial charge in [0.15, 0.2) is 0 Å². The van der Waals surface area contributed by atoms with Crippen molar-refractivity contribution in [1.29, 1.82) is 0 Å². The van der Waals surface area contributed by atoms with Crippen LogP contribution in [-0.4, -0.2) is 29.6 Å². The van der Waals surface area contributed by atoms with E-state index in [-0.39, 0.29) is 0 Å². The molecule has 0 radical (unpaired) electrons. The first kappa shape index (κ1) is 14.9. The van der Waals surface area contributed by atoms with Gasteiger partial charge in [0.1, 0.15) is 0 Å². The molecule has 3 atom stereocenters. The summed E-state index contributed by atoms with van der Waals surface area (Å²) in [5, 5.41) is 10.2. The molecular weight excluding hydrogens is 279 g/mol. The Morgan fingerprint density at radius 1 is 1.19 bits per heavy atom. The Hall–Kier alpha value is -1.07. The SMILES string of the molecule is OC(CN1CC2CCCC2C1)c1cccc(C(F)(F)F)c1. The smallest absolute Gasteiger partial charge is 0.387 e. The number of halogens is 3. The van der Waals surface area contributed by atoms with Crippen LogP contribution in [-0.2, 0) is 6.18 Å². The van der Waals surface area contributed by atoms with Crippen LogP contribution >= 0.6 is 0 Å². The number of hydrogen-bond acceptors (Lipinski definition) is 2. The van der Waals surface area contributed by atoms with Crippen molar-refractivity contribution in [3.63, 3.8) is 0 Å². The van der Waals surface area contributed by atoms with E-state index in [0.717, 1.165) is 37.1 Å². The lowest BCUT2D eigenvalue weighted by Gasteiger charge is -2.21. The van der Waals surface area contributed by atoms with E-state index in [4.69, 9.17) is 0 Å². The van der Waals surface area contributed by atoms with Gasteiger partial charge < -0.3 is 5.11 Å². The van der Waals surface area contributed by atoms with Crippen molar-refractivity contribution < 1.29 is 18.3 Å². The van der Waals surface area contributed by atoms with E-state index in [1.807, 2.05) is 0 Å². The third kappa shape index (κ3) is 3.24. The van der Waals surface area contributed by atoms with Crippen molar-refractivity contribution in [3.8, 4) is 0 Å². The fourth-order valence-corrected chi connectivity index (χ4v) is 3.75. The fourth-order valence-electron chi connectivity index (χ4n) is 3.75. The normalized spacial score (nSPS) is 27.8. The fraction of sp³-hybridized carbons (Fsp3) is 0.625. The molecule has 116 valence electrons. The van der Waals surface area contributed by atoms with Crippen LogP contribution in [0.25, 0.3) is 0 Å². The minimum absolute atomic E-state index is 0.349. The summed E-state index contributed by atoms with van der Waals surface area (Å²) in [6, 6.07) is 5.02. The molecule has 1 heterocycles. The average molecular weight is 299 g/mol. The van der Waals surface area contributed by atoms with Crippen molar-refractivity contribution in [2.24, 2.45) is 11.8 Å². The summed E-state index contributed by atoms with van der Waals surface area (Å²) in [7, 11) is 0.